The van der Waals surface area contributed by atoms with Crippen LogP contribution in [0.1, 0.15) is 56.2 Å². The third-order valence-electron chi connectivity index (χ3n) is 8.26. The van der Waals surface area contributed by atoms with E-state index in [1.165, 1.54) is 6.92 Å². The van der Waals surface area contributed by atoms with Crippen LogP contribution in [0.2, 0.25) is 18.1 Å². The molecule has 2 heterocycles. The Balaban J connectivity index is 1.82. The first-order valence-corrected chi connectivity index (χ1v) is 18.2. The number of likely N-dealkylation sites (tertiary alicyclic amines) is 1. The molecule has 0 spiro atoms. The zero-order valence-corrected chi connectivity index (χ0v) is 27.1. The SMILES string of the molecule is CC(=O)OC(c1ccco1)C1([SiH](C)C)C(=O)N(C(C)(C)C)C1SC(c1ccccc1)(c1ccccc1)c1ccccc1. The van der Waals surface area contributed by atoms with Gasteiger partial charge < -0.3 is 14.1 Å². The second-order valence-corrected chi connectivity index (χ2v) is 16.7. The van der Waals surface area contributed by atoms with Gasteiger partial charge in [-0.25, -0.2) is 0 Å². The Morgan fingerprint density at radius 1 is 0.857 bits per heavy atom. The van der Waals surface area contributed by atoms with Gasteiger partial charge in [0.2, 0.25) is 5.91 Å². The average Bonchev–Trinajstić information content (AvgIpc) is 3.50. The molecule has 0 bridgehead atoms. The van der Waals surface area contributed by atoms with Crippen LogP contribution >= 0.6 is 11.8 Å². The molecule has 1 aliphatic rings. The molecule has 1 amide bonds. The fraction of sp³-hybridized carbons (Fsp3) is 0.314. The molecule has 1 saturated heterocycles. The molecule has 5 rings (SSSR count). The Morgan fingerprint density at radius 3 is 1.69 bits per heavy atom. The molecule has 5 nitrogen and oxygen atoms in total. The minimum absolute atomic E-state index is 0.0138. The molecule has 0 aliphatic carbocycles. The number of rotatable bonds is 9. The fourth-order valence-electron chi connectivity index (χ4n) is 6.34. The van der Waals surface area contributed by atoms with Gasteiger partial charge in [0.15, 0.2) is 6.10 Å². The van der Waals surface area contributed by atoms with Crippen LogP contribution in [0, 0.1) is 0 Å². The van der Waals surface area contributed by atoms with Crippen molar-refractivity contribution in [3.63, 3.8) is 0 Å². The molecule has 0 saturated carbocycles. The molecule has 1 aliphatic heterocycles. The van der Waals surface area contributed by atoms with E-state index in [0.717, 1.165) is 16.7 Å². The van der Waals surface area contributed by atoms with Gasteiger partial charge >= 0.3 is 5.97 Å². The largest absolute Gasteiger partial charge is 0.465 e. The lowest BCUT2D eigenvalue weighted by Crippen LogP contribution is -2.74. The minimum atomic E-state index is -1.92. The summed E-state index contributed by atoms with van der Waals surface area (Å²) in [6.07, 6.45) is 0.747. The van der Waals surface area contributed by atoms with E-state index < -0.39 is 36.2 Å². The highest BCUT2D eigenvalue weighted by molar-refractivity contribution is 8.01. The lowest BCUT2D eigenvalue weighted by molar-refractivity contribution is -0.173. The third kappa shape index (κ3) is 4.92. The molecule has 0 N–H and O–H groups in total. The van der Waals surface area contributed by atoms with Crippen LogP contribution in [0.5, 0.6) is 0 Å². The standard InChI is InChI=1S/C35H39NO4SSi/c1-25(37)40-30(29-23-16-24-39-29)35(42(5)6)31(38)36(33(2,3)4)32(35)41-34(26-17-10-7-11-18-26,27-19-12-8-13-20-27)28-21-14-9-15-22-28/h7-24,30,32,42H,1-6H3. The number of β-lactam (4-membered cyclic amide) rings is 1. The molecule has 218 valence electrons. The van der Waals surface area contributed by atoms with Crippen molar-refractivity contribution in [3.05, 3.63) is 132 Å². The number of benzene rings is 3. The Kier molecular flexibility index (Phi) is 8.27. The lowest BCUT2D eigenvalue weighted by Gasteiger charge is -2.64. The quantitative estimate of drug-likeness (QED) is 0.0853. The van der Waals surface area contributed by atoms with Crippen LogP contribution in [-0.2, 0) is 19.1 Å². The second kappa shape index (κ2) is 11.6. The van der Waals surface area contributed by atoms with Crippen molar-refractivity contribution < 1.29 is 18.7 Å². The zero-order chi connectivity index (χ0) is 30.1. The van der Waals surface area contributed by atoms with Crippen molar-refractivity contribution in [1.82, 2.24) is 4.90 Å². The van der Waals surface area contributed by atoms with E-state index in [2.05, 4.69) is 107 Å². The van der Waals surface area contributed by atoms with E-state index in [1.54, 1.807) is 24.1 Å². The number of ether oxygens (including phenoxy) is 1. The highest BCUT2D eigenvalue weighted by Crippen LogP contribution is 2.67. The average molecular weight is 598 g/mol. The minimum Gasteiger partial charge on any atom is -0.465 e. The van der Waals surface area contributed by atoms with Crippen molar-refractivity contribution in [2.45, 2.75) is 67.6 Å². The Labute approximate surface area is 254 Å². The molecule has 3 atom stereocenters. The number of furan rings is 1. The lowest BCUT2D eigenvalue weighted by atomic mass is 9.83. The van der Waals surface area contributed by atoms with Crippen LogP contribution in [0.25, 0.3) is 0 Å². The summed E-state index contributed by atoms with van der Waals surface area (Å²) in [5, 5.41) is -1.28. The smallest absolute Gasteiger partial charge is 0.303 e. The molecule has 7 heteroatoms. The highest BCUT2D eigenvalue weighted by Gasteiger charge is 2.72. The van der Waals surface area contributed by atoms with Crippen LogP contribution in [0.3, 0.4) is 0 Å². The Morgan fingerprint density at radius 2 is 1.33 bits per heavy atom. The van der Waals surface area contributed by atoms with Crippen molar-refractivity contribution in [2.75, 3.05) is 0 Å². The maximum absolute atomic E-state index is 14.7. The van der Waals surface area contributed by atoms with Gasteiger partial charge in [0.25, 0.3) is 0 Å². The summed E-state index contributed by atoms with van der Waals surface area (Å²) in [5.41, 5.74) is 2.87. The van der Waals surface area contributed by atoms with E-state index >= 15 is 0 Å². The summed E-state index contributed by atoms with van der Waals surface area (Å²) in [4.78, 5) is 29.3. The van der Waals surface area contributed by atoms with E-state index in [4.69, 9.17) is 9.15 Å². The number of hydrogen-bond donors (Lipinski definition) is 0. The molecule has 3 unspecified atom stereocenters. The number of carbonyl (C=O) groups is 2. The van der Waals surface area contributed by atoms with Gasteiger partial charge in [-0.3, -0.25) is 9.59 Å². The molecule has 1 aromatic heterocycles. The summed E-state index contributed by atoms with van der Waals surface area (Å²) in [5.74, 6) is 0.0835. The van der Waals surface area contributed by atoms with E-state index in [9.17, 15) is 9.59 Å². The Hall–Kier alpha value is -3.55. The van der Waals surface area contributed by atoms with Gasteiger partial charge in [-0.05, 0) is 49.6 Å². The number of nitrogens with zero attached hydrogens (tertiary/aromatic N) is 1. The van der Waals surface area contributed by atoms with Gasteiger partial charge in [0.1, 0.15) is 10.8 Å². The number of hydrogen-bond acceptors (Lipinski definition) is 5. The van der Waals surface area contributed by atoms with Gasteiger partial charge in [0.05, 0.1) is 25.2 Å². The summed E-state index contributed by atoms with van der Waals surface area (Å²) < 4.78 is 11.3. The fourth-order valence-corrected chi connectivity index (χ4v) is 11.6. The molecule has 42 heavy (non-hydrogen) atoms. The summed E-state index contributed by atoms with van der Waals surface area (Å²) >= 11 is 1.77. The first kappa shape index (κ1) is 29.9. The van der Waals surface area contributed by atoms with Gasteiger partial charge in [-0.1, -0.05) is 104 Å². The van der Waals surface area contributed by atoms with E-state index in [-0.39, 0.29) is 11.3 Å². The van der Waals surface area contributed by atoms with Gasteiger partial charge in [-0.2, -0.15) is 0 Å². The normalized spacial score (nSPS) is 19.8. The first-order valence-electron chi connectivity index (χ1n) is 14.4. The van der Waals surface area contributed by atoms with Crippen LogP contribution in [0.15, 0.2) is 114 Å². The van der Waals surface area contributed by atoms with Gasteiger partial charge in [0, 0.05) is 12.5 Å². The molecule has 1 fully saturated rings. The number of carbonyl (C=O) groups excluding carboxylic acids is 2. The molecule has 3 aromatic carbocycles. The maximum Gasteiger partial charge on any atom is 0.303 e. The summed E-state index contributed by atoms with van der Waals surface area (Å²) in [7, 11) is -1.92. The van der Waals surface area contributed by atoms with E-state index in [1.807, 2.05) is 29.2 Å². The van der Waals surface area contributed by atoms with Crippen molar-refractivity contribution in [3.8, 4) is 0 Å². The molecular formula is C35H39NO4SSi. The first-order chi connectivity index (χ1) is 20.0. The van der Waals surface area contributed by atoms with Crippen LogP contribution in [-0.4, -0.2) is 36.5 Å². The zero-order valence-electron chi connectivity index (χ0n) is 25.1. The van der Waals surface area contributed by atoms with Crippen LogP contribution in [0.4, 0.5) is 0 Å². The van der Waals surface area contributed by atoms with E-state index in [0.29, 0.717) is 5.76 Å². The number of thioether (sulfide) groups is 1. The van der Waals surface area contributed by atoms with Crippen LogP contribution < -0.4 is 0 Å². The molecule has 4 aromatic rings. The second-order valence-electron chi connectivity index (χ2n) is 12.2. The topological polar surface area (TPSA) is 59.8 Å². The predicted octanol–water partition coefficient (Wildman–Crippen LogP) is 7.80. The summed E-state index contributed by atoms with van der Waals surface area (Å²) in [6, 6.07) is 35.1. The molecular weight excluding hydrogens is 559 g/mol. The van der Waals surface area contributed by atoms with Crippen molar-refractivity contribution in [1.29, 1.82) is 0 Å². The number of amides is 1. The third-order valence-corrected chi connectivity index (χ3v) is 13.2. The predicted molar refractivity (Wildman–Crippen MR) is 172 cm³/mol. The van der Waals surface area contributed by atoms with Crippen molar-refractivity contribution in [2.24, 2.45) is 0 Å². The Bertz CT molecular complexity index is 1410. The highest BCUT2D eigenvalue weighted by atomic mass is 32.2. The number of esters is 1. The maximum atomic E-state index is 14.7. The monoisotopic (exact) mass is 597 g/mol. The van der Waals surface area contributed by atoms with Gasteiger partial charge in [-0.15, -0.1) is 11.8 Å². The summed E-state index contributed by atoms with van der Waals surface area (Å²) in [6.45, 7) is 12.0. The van der Waals surface area contributed by atoms with Crippen molar-refractivity contribution >= 4 is 32.4 Å². The molecule has 0 radical (unpaired) electrons.